The van der Waals surface area contributed by atoms with E-state index in [2.05, 4.69) is 116 Å². The Morgan fingerprint density at radius 2 is 1.11 bits per heavy atom. The summed E-state index contributed by atoms with van der Waals surface area (Å²) in [7, 11) is -1.07. The molecule has 13 heteroatoms. The van der Waals surface area contributed by atoms with Gasteiger partial charge >= 0.3 is 7.25 Å². The van der Waals surface area contributed by atoms with Crippen molar-refractivity contribution in [1.82, 2.24) is 18.9 Å². The predicted molar refractivity (Wildman–Crippen MR) is 302 cm³/mol. The van der Waals surface area contributed by atoms with Crippen LogP contribution in [-0.4, -0.2) is 39.6 Å². The van der Waals surface area contributed by atoms with Crippen molar-refractivity contribution in [3.8, 4) is 51.9 Å². The number of rotatable bonds is 14. The zero-order valence-electron chi connectivity index (χ0n) is 41.8. The van der Waals surface area contributed by atoms with Crippen LogP contribution in [-0.2, 0) is 19.1 Å². The van der Waals surface area contributed by atoms with Crippen LogP contribution in [0, 0.1) is 34.5 Å². The summed E-state index contributed by atoms with van der Waals surface area (Å²) < 4.78 is 26.6. The molecule has 0 radical (unpaired) electrons. The average molecular weight is 1000 g/mol. The number of aryl methyl sites for hydroxylation is 1. The Balaban J connectivity index is 1.29. The summed E-state index contributed by atoms with van der Waals surface area (Å²) in [5, 5.41) is 28.0. The Morgan fingerprint density at radius 1 is 0.622 bits per heavy atom. The van der Waals surface area contributed by atoms with Crippen molar-refractivity contribution in [2.45, 2.75) is 66.0 Å². The highest BCUT2D eigenvalue weighted by atomic mass is 32.1. The van der Waals surface area contributed by atoms with E-state index in [1.807, 2.05) is 78.9 Å². The van der Waals surface area contributed by atoms with Crippen molar-refractivity contribution in [1.29, 1.82) is 10.5 Å². The van der Waals surface area contributed by atoms with Crippen LogP contribution in [0.15, 0.2) is 146 Å². The second kappa shape index (κ2) is 19.9. The molecule has 9 nitrogen and oxygen atoms in total. The smallest absolute Gasteiger partial charge is 0.503 e. The minimum absolute atomic E-state index is 0.116. The molecule has 2 unspecified atom stereocenters. The lowest BCUT2D eigenvalue weighted by atomic mass is 9.58. The van der Waals surface area contributed by atoms with Crippen LogP contribution in [0.5, 0.6) is 17.2 Å². The Morgan fingerprint density at radius 3 is 1.64 bits per heavy atom. The van der Waals surface area contributed by atoms with Gasteiger partial charge in [-0.1, -0.05) is 137 Å². The van der Waals surface area contributed by atoms with Gasteiger partial charge in [0, 0.05) is 16.5 Å². The van der Waals surface area contributed by atoms with Crippen LogP contribution < -0.4 is 24.7 Å². The first-order chi connectivity index (χ1) is 36.3. The average Bonchev–Trinajstić information content (AvgIpc) is 4.32. The molecule has 0 spiro atoms. The number of aromatic nitrogens is 4. The van der Waals surface area contributed by atoms with E-state index in [4.69, 9.17) is 24.0 Å². The third-order valence-corrected chi connectivity index (χ3v) is 17.1. The molecule has 74 heavy (non-hydrogen) atoms. The number of hydrogen-bond donors (Lipinski definition) is 0. The lowest BCUT2D eigenvalue weighted by molar-refractivity contribution is 0.256. The quantitative estimate of drug-likeness (QED) is 0.0998. The van der Waals surface area contributed by atoms with E-state index in [0.717, 1.165) is 103 Å². The zero-order chi connectivity index (χ0) is 50.5. The zero-order valence-corrected chi connectivity index (χ0v) is 43.5. The number of ether oxygens (including phenoxy) is 1. The number of fused-ring (bicyclic) bond motifs is 5. The Bertz CT molecular complexity index is 3620. The van der Waals surface area contributed by atoms with Gasteiger partial charge in [-0.05, 0) is 115 Å². The number of para-hydroxylation sites is 4. The molecule has 0 amide bonds. The third kappa shape index (κ3) is 8.44. The number of benzene rings is 6. The highest BCUT2D eigenvalue weighted by Crippen LogP contribution is 2.41. The SMILES string of the molecule is CCC(C)CCc1ccc(-c2c3/c(=C(\C#N)c4nc5ccccc5s4)n(B4Oc5ccccc5O4)c(-c4ccc(OCC(C)CC)cc4)c3/c(=C(\C#N)c3nc4ccccc4s3)n2B2Cc3ccccc3C2)cc1. The monoisotopic (exact) mass is 1000 g/mol. The van der Waals surface area contributed by atoms with Gasteiger partial charge in [0.2, 0.25) is 0 Å². The summed E-state index contributed by atoms with van der Waals surface area (Å²) in [5.74, 6) is 2.91. The van der Waals surface area contributed by atoms with Gasteiger partial charge in [0.1, 0.15) is 50.5 Å². The Hall–Kier alpha value is -7.83. The van der Waals surface area contributed by atoms with Gasteiger partial charge < -0.3 is 23.0 Å². The normalized spacial score (nSPS) is 14.6. The molecular formula is C61H52B2N6O3S2. The topological polar surface area (TPSA) is 111 Å². The van der Waals surface area contributed by atoms with Crippen molar-refractivity contribution in [3.63, 3.8) is 0 Å². The van der Waals surface area contributed by atoms with E-state index in [0.29, 0.717) is 56.5 Å². The standard InChI is InChI=1S/C61H52B2N6O3S2/c1-5-38(3)23-24-40-25-27-41(28-26-40)56-54-55(58(68(56)62-33-43-15-7-8-16-44(43)34-62)46(35-64)60-66-48-17-9-13-21-52(48)73-60)57(42-29-31-45(32-30-42)70-37-39(4)6-2)69(63-71-50-19-11-12-20-51(50)72-63)59(54)47(36-65)61-67-49-18-10-14-22-53(49)74-61/h7-22,25-32,38-39H,5-6,23-24,33-34,37H2,1-4H3/b58-46-,59-47-. The van der Waals surface area contributed by atoms with E-state index in [9.17, 15) is 10.5 Å². The van der Waals surface area contributed by atoms with E-state index >= 15 is 0 Å². The number of thiazole rings is 2. The molecule has 6 aromatic carbocycles. The molecule has 12 rings (SSSR count). The second-order valence-electron chi connectivity index (χ2n) is 19.7. The Labute approximate surface area is 439 Å². The van der Waals surface area contributed by atoms with Crippen LogP contribution in [0.4, 0.5) is 0 Å². The molecule has 6 heterocycles. The van der Waals surface area contributed by atoms with Crippen LogP contribution in [0.25, 0.3) is 64.9 Å². The first kappa shape index (κ1) is 47.2. The summed E-state index contributed by atoms with van der Waals surface area (Å²) in [6.45, 7) is 9.40. The molecule has 4 aromatic heterocycles. The van der Waals surface area contributed by atoms with Crippen LogP contribution >= 0.6 is 22.7 Å². The number of hydrogen-bond acceptors (Lipinski definition) is 9. The van der Waals surface area contributed by atoms with E-state index in [1.165, 1.54) is 39.4 Å². The molecule has 2 atom stereocenters. The largest absolute Gasteiger partial charge is 0.743 e. The maximum Gasteiger partial charge on any atom is 0.743 e. The molecule has 0 fully saturated rings. The first-order valence-corrected chi connectivity index (χ1v) is 27.4. The highest BCUT2D eigenvalue weighted by molar-refractivity contribution is 7.20. The number of nitriles is 2. The minimum atomic E-state index is -1.07. The third-order valence-electron chi connectivity index (χ3n) is 15.0. The molecule has 362 valence electrons. The second-order valence-corrected chi connectivity index (χ2v) is 21.8. The maximum atomic E-state index is 12.0. The fourth-order valence-corrected chi connectivity index (χ4v) is 12.5. The van der Waals surface area contributed by atoms with Gasteiger partial charge in [0.25, 0.3) is 6.85 Å². The molecule has 2 aliphatic heterocycles. The lowest BCUT2D eigenvalue weighted by Gasteiger charge is -2.19. The fourth-order valence-electron chi connectivity index (χ4n) is 10.6. The minimum Gasteiger partial charge on any atom is -0.503 e. The van der Waals surface area contributed by atoms with E-state index in [-0.39, 0.29) is 6.85 Å². The molecule has 10 aromatic rings. The van der Waals surface area contributed by atoms with Gasteiger partial charge in [0.15, 0.2) is 0 Å². The first-order valence-electron chi connectivity index (χ1n) is 25.7. The fraction of sp³-hybridized carbons (Fsp3) is 0.213. The molecule has 2 aliphatic rings. The summed E-state index contributed by atoms with van der Waals surface area (Å²) >= 11 is 3.00. The van der Waals surface area contributed by atoms with Crippen molar-refractivity contribution < 1.29 is 14.0 Å². The Kier molecular flexibility index (Phi) is 12.7. The van der Waals surface area contributed by atoms with Crippen molar-refractivity contribution >= 4 is 79.1 Å². The molecule has 0 aliphatic carbocycles. The van der Waals surface area contributed by atoms with Gasteiger partial charge in [-0.25, -0.2) is 9.97 Å². The summed E-state index contributed by atoms with van der Waals surface area (Å²) in [6.07, 6.45) is 5.66. The predicted octanol–water partition coefficient (Wildman–Crippen LogP) is 12.9. The summed E-state index contributed by atoms with van der Waals surface area (Å²) in [5.41, 5.74) is 9.63. The molecule has 0 N–H and O–H groups in total. The molecular weight excluding hydrogens is 950 g/mol. The maximum absolute atomic E-state index is 12.0. The van der Waals surface area contributed by atoms with Crippen LogP contribution in [0.2, 0.25) is 0 Å². The van der Waals surface area contributed by atoms with Crippen molar-refractivity contribution in [2.24, 2.45) is 11.8 Å². The van der Waals surface area contributed by atoms with Crippen LogP contribution in [0.3, 0.4) is 0 Å². The summed E-state index contributed by atoms with van der Waals surface area (Å²) in [6, 6.07) is 55.1. The lowest BCUT2D eigenvalue weighted by Crippen LogP contribution is -2.43. The van der Waals surface area contributed by atoms with Crippen molar-refractivity contribution in [3.05, 3.63) is 183 Å². The van der Waals surface area contributed by atoms with Gasteiger partial charge in [-0.15, -0.1) is 22.7 Å². The summed E-state index contributed by atoms with van der Waals surface area (Å²) in [4.78, 5) is 10.4. The highest BCUT2D eigenvalue weighted by Gasteiger charge is 2.43. The molecule has 0 saturated heterocycles. The van der Waals surface area contributed by atoms with Gasteiger partial charge in [0.05, 0.1) is 43.4 Å². The van der Waals surface area contributed by atoms with Crippen LogP contribution in [0.1, 0.15) is 73.7 Å². The van der Waals surface area contributed by atoms with Crippen molar-refractivity contribution in [2.75, 3.05) is 6.61 Å². The molecule has 0 saturated carbocycles. The number of nitrogens with zero attached hydrogens (tertiary/aromatic N) is 6. The van der Waals surface area contributed by atoms with Gasteiger partial charge in [-0.2, -0.15) is 10.5 Å². The van der Waals surface area contributed by atoms with E-state index in [1.54, 1.807) is 0 Å². The molecule has 0 bridgehead atoms. The van der Waals surface area contributed by atoms with Gasteiger partial charge in [-0.3, -0.25) is 0 Å². The van der Waals surface area contributed by atoms with E-state index < -0.39 is 7.25 Å².